The Morgan fingerprint density at radius 1 is 0.778 bits per heavy atom. The molecule has 0 saturated carbocycles. The van der Waals surface area contributed by atoms with Gasteiger partial charge in [0.1, 0.15) is 6.61 Å². The summed E-state index contributed by atoms with van der Waals surface area (Å²) >= 11 is 0. The largest absolute Gasteiger partial charge is 0.469 e. The highest BCUT2D eigenvalue weighted by atomic mass is 31.2. The van der Waals surface area contributed by atoms with Crippen molar-refractivity contribution in [2.45, 2.75) is 155 Å². The van der Waals surface area contributed by atoms with Gasteiger partial charge in [-0.25, -0.2) is 4.57 Å². The number of hydrogen-bond donors (Lipinski definition) is 2. The van der Waals surface area contributed by atoms with E-state index in [0.29, 0.717) is 12.8 Å². The Balaban J connectivity index is 2.18. The lowest BCUT2D eigenvalue weighted by Gasteiger charge is -2.18. The lowest BCUT2D eigenvalue weighted by atomic mass is 10.0. The van der Waals surface area contributed by atoms with Crippen LogP contribution in [0.4, 0.5) is 0 Å². The van der Waals surface area contributed by atoms with Crippen LogP contribution < -0.4 is 0 Å². The number of phosphoric ester groups is 1. The van der Waals surface area contributed by atoms with E-state index < -0.39 is 32.5 Å². The van der Waals surface area contributed by atoms with Gasteiger partial charge in [0.05, 0.1) is 18.8 Å². The van der Waals surface area contributed by atoms with Gasteiger partial charge in [0.2, 0.25) is 0 Å². The van der Waals surface area contributed by atoms with Gasteiger partial charge in [-0.1, -0.05) is 109 Å². The predicted molar refractivity (Wildman–Crippen MR) is 179 cm³/mol. The van der Waals surface area contributed by atoms with Crippen molar-refractivity contribution in [1.29, 1.82) is 0 Å². The fourth-order valence-corrected chi connectivity index (χ4v) is 5.18. The molecule has 1 aliphatic rings. The molecule has 45 heavy (non-hydrogen) atoms. The highest BCUT2D eigenvalue weighted by molar-refractivity contribution is 7.46. The Hall–Kier alpha value is -1.77. The third kappa shape index (κ3) is 27.1. The summed E-state index contributed by atoms with van der Waals surface area (Å²) in [5.41, 5.74) is 0. The minimum absolute atomic E-state index is 0.140. The zero-order valence-corrected chi connectivity index (χ0v) is 29.0. The van der Waals surface area contributed by atoms with Crippen LogP contribution in [0.3, 0.4) is 0 Å². The lowest BCUT2D eigenvalue weighted by Crippen LogP contribution is -2.29. The average molecular weight is 657 g/mol. The molecule has 9 nitrogen and oxygen atoms in total. The monoisotopic (exact) mass is 656 g/mol. The van der Waals surface area contributed by atoms with Crippen molar-refractivity contribution in [2.24, 2.45) is 5.92 Å². The van der Waals surface area contributed by atoms with E-state index in [1.54, 1.807) is 0 Å². The second kappa shape index (κ2) is 26.3. The average Bonchev–Trinajstić information content (AvgIpc) is 3.73. The van der Waals surface area contributed by atoms with Crippen LogP contribution in [0.15, 0.2) is 36.5 Å². The van der Waals surface area contributed by atoms with Gasteiger partial charge in [0, 0.05) is 12.8 Å². The molecule has 260 valence electrons. The van der Waals surface area contributed by atoms with E-state index in [1.165, 1.54) is 44.9 Å². The maximum Gasteiger partial charge on any atom is 0.469 e. The Bertz CT molecular complexity index is 909. The van der Waals surface area contributed by atoms with Gasteiger partial charge >= 0.3 is 19.8 Å². The van der Waals surface area contributed by atoms with Crippen molar-refractivity contribution < 1.29 is 42.7 Å². The van der Waals surface area contributed by atoms with Crippen molar-refractivity contribution in [2.75, 3.05) is 13.2 Å². The molecule has 1 fully saturated rings. The summed E-state index contributed by atoms with van der Waals surface area (Å²) in [6.07, 6.45) is 29.2. The van der Waals surface area contributed by atoms with Crippen molar-refractivity contribution in [3.05, 3.63) is 36.5 Å². The van der Waals surface area contributed by atoms with Gasteiger partial charge in [0.25, 0.3) is 0 Å². The van der Waals surface area contributed by atoms with Crippen LogP contribution in [0.5, 0.6) is 0 Å². The quantitative estimate of drug-likeness (QED) is 0.0267. The Kier molecular flexibility index (Phi) is 24.1. The van der Waals surface area contributed by atoms with Crippen LogP contribution in [0.1, 0.15) is 136 Å². The number of unbranched alkanes of at least 4 members (excludes halogenated alkanes) is 8. The van der Waals surface area contributed by atoms with Crippen LogP contribution >= 0.6 is 7.82 Å². The van der Waals surface area contributed by atoms with Crippen LogP contribution in [-0.2, 0) is 32.9 Å². The summed E-state index contributed by atoms with van der Waals surface area (Å²) in [4.78, 5) is 42.6. The summed E-state index contributed by atoms with van der Waals surface area (Å²) in [6, 6.07) is 0. The standard InChI is InChI=1S/C35H61O9P/c1-4-5-6-7-8-9-10-11-12-13-17-20-24-32-33(44-32)25-22-27-34(36)41-28-31(29-42-45(38,39)40)43-35(37)26-21-18-15-14-16-19-23-30(2)3/h8-9,11-12,17,20,30-33H,4-7,10,13-16,18-19,21-29H2,1-3H3,(H2,38,39,40)/b9-8-,12-11-,20-17-/t31-,32?,33?/m1/s1. The molecule has 0 aromatic rings. The van der Waals surface area contributed by atoms with Crippen molar-refractivity contribution in [3.8, 4) is 0 Å². The topological polar surface area (TPSA) is 132 Å². The van der Waals surface area contributed by atoms with E-state index in [0.717, 1.165) is 50.9 Å². The minimum atomic E-state index is -4.76. The molecule has 0 radical (unpaired) electrons. The van der Waals surface area contributed by atoms with E-state index in [9.17, 15) is 14.2 Å². The highest BCUT2D eigenvalue weighted by Gasteiger charge is 2.36. The van der Waals surface area contributed by atoms with Crippen molar-refractivity contribution in [1.82, 2.24) is 0 Å². The van der Waals surface area contributed by atoms with Gasteiger partial charge < -0.3 is 24.0 Å². The summed E-state index contributed by atoms with van der Waals surface area (Å²) in [6.45, 7) is 5.78. The third-order valence-electron chi connectivity index (χ3n) is 7.51. The molecular formula is C35H61O9P. The van der Waals surface area contributed by atoms with Crippen LogP contribution in [0.25, 0.3) is 0 Å². The SMILES string of the molecule is CCCCC/C=C\C/C=C\C/C=C\CC1OC1CCCC(=O)OC[C@H](COP(=O)(O)O)OC(=O)CCCCCCCCC(C)C. The fraction of sp³-hybridized carbons (Fsp3) is 0.771. The second-order valence-corrected chi connectivity index (χ2v) is 13.6. The molecule has 0 aromatic carbocycles. The summed E-state index contributed by atoms with van der Waals surface area (Å²) < 4.78 is 31.9. The number of ether oxygens (including phenoxy) is 3. The molecule has 1 heterocycles. The molecule has 1 rings (SSSR count). The number of carbonyl (C=O) groups is 2. The first-order valence-electron chi connectivity index (χ1n) is 17.3. The number of carbonyl (C=O) groups excluding carboxylic acids is 2. The molecule has 0 aliphatic carbocycles. The summed E-state index contributed by atoms with van der Waals surface area (Å²) in [5, 5.41) is 0. The fourth-order valence-electron chi connectivity index (χ4n) is 4.82. The predicted octanol–water partition coefficient (Wildman–Crippen LogP) is 8.68. The van der Waals surface area contributed by atoms with Crippen molar-refractivity contribution >= 4 is 19.8 Å². The van der Waals surface area contributed by atoms with Crippen molar-refractivity contribution in [3.63, 3.8) is 0 Å². The number of allylic oxidation sites excluding steroid dienone is 5. The van der Waals surface area contributed by atoms with Crippen LogP contribution in [0.2, 0.25) is 0 Å². The number of rotatable bonds is 29. The Labute approximate surface area is 272 Å². The van der Waals surface area contributed by atoms with E-state index in [2.05, 4.69) is 61.8 Å². The molecule has 3 atom stereocenters. The normalized spacial score (nSPS) is 17.6. The van der Waals surface area contributed by atoms with Crippen LogP contribution in [-0.4, -0.2) is 53.3 Å². The van der Waals surface area contributed by atoms with Gasteiger partial charge in [0.15, 0.2) is 6.10 Å². The van der Waals surface area contributed by atoms with E-state index >= 15 is 0 Å². The molecule has 1 aliphatic heterocycles. The zero-order chi connectivity index (χ0) is 33.2. The third-order valence-corrected chi connectivity index (χ3v) is 8.00. The van der Waals surface area contributed by atoms with E-state index in [-0.39, 0.29) is 31.7 Å². The van der Waals surface area contributed by atoms with E-state index in [4.69, 9.17) is 24.0 Å². The Morgan fingerprint density at radius 2 is 1.42 bits per heavy atom. The maximum absolute atomic E-state index is 12.3. The lowest BCUT2D eigenvalue weighted by molar-refractivity contribution is -0.161. The molecule has 1 saturated heterocycles. The number of hydrogen-bond acceptors (Lipinski definition) is 7. The minimum Gasteiger partial charge on any atom is -0.462 e. The van der Waals surface area contributed by atoms with Gasteiger partial charge in [-0.15, -0.1) is 0 Å². The molecule has 0 spiro atoms. The molecule has 0 amide bonds. The number of phosphoric acid groups is 1. The molecule has 0 aromatic heterocycles. The maximum atomic E-state index is 12.3. The smallest absolute Gasteiger partial charge is 0.462 e. The second-order valence-electron chi connectivity index (χ2n) is 12.4. The van der Waals surface area contributed by atoms with Gasteiger partial charge in [-0.2, -0.15) is 0 Å². The first-order chi connectivity index (χ1) is 21.6. The number of epoxide rings is 1. The molecule has 2 N–H and O–H groups in total. The molecule has 10 heteroatoms. The molecule has 0 bridgehead atoms. The van der Waals surface area contributed by atoms with Gasteiger partial charge in [-0.05, 0) is 57.3 Å². The zero-order valence-electron chi connectivity index (χ0n) is 28.1. The first kappa shape index (κ1) is 41.3. The number of esters is 2. The summed E-state index contributed by atoms with van der Waals surface area (Å²) in [5.74, 6) is -0.248. The highest BCUT2D eigenvalue weighted by Crippen LogP contribution is 2.36. The van der Waals surface area contributed by atoms with Crippen LogP contribution in [0, 0.1) is 5.92 Å². The Morgan fingerprint density at radius 3 is 2.11 bits per heavy atom. The van der Waals surface area contributed by atoms with E-state index in [1.807, 2.05) is 0 Å². The van der Waals surface area contributed by atoms with Gasteiger partial charge in [-0.3, -0.25) is 14.1 Å². The summed E-state index contributed by atoms with van der Waals surface area (Å²) in [7, 11) is -4.76. The first-order valence-corrected chi connectivity index (χ1v) is 18.8. The molecular weight excluding hydrogens is 595 g/mol. The molecule has 2 unspecified atom stereocenters.